The van der Waals surface area contributed by atoms with Crippen LogP contribution in [0.15, 0.2) is 30.6 Å². The van der Waals surface area contributed by atoms with E-state index >= 15 is 0 Å². The lowest BCUT2D eigenvalue weighted by Gasteiger charge is -2.40. The van der Waals surface area contributed by atoms with E-state index in [1.54, 1.807) is 24.5 Å². The van der Waals surface area contributed by atoms with Crippen LogP contribution in [0.3, 0.4) is 0 Å². The molecule has 0 bridgehead atoms. The Bertz CT molecular complexity index is 755. The van der Waals surface area contributed by atoms with Crippen LogP contribution in [-0.2, 0) is 0 Å². The lowest BCUT2D eigenvalue weighted by atomic mass is 9.78. The molecule has 0 atom stereocenters. The molecule has 2 aliphatic rings. The van der Waals surface area contributed by atoms with Crippen LogP contribution in [0, 0.1) is 5.41 Å². The van der Waals surface area contributed by atoms with Gasteiger partial charge in [0.1, 0.15) is 5.69 Å². The molecule has 1 saturated heterocycles. The van der Waals surface area contributed by atoms with Gasteiger partial charge in [0.2, 0.25) is 0 Å². The van der Waals surface area contributed by atoms with Crippen molar-refractivity contribution in [2.24, 2.45) is 5.41 Å². The average Bonchev–Trinajstić information content (AvgIpc) is 3.29. The number of likely N-dealkylation sites (tertiary alicyclic amines) is 1. The number of halogens is 1. The number of rotatable bonds is 2. The highest BCUT2D eigenvalue weighted by Gasteiger charge is 2.39. The molecule has 2 fully saturated rings. The molecule has 1 aromatic carbocycles. The number of piperidine rings is 1. The van der Waals surface area contributed by atoms with E-state index in [4.69, 9.17) is 11.6 Å². The third kappa shape index (κ3) is 3.35. The second kappa shape index (κ2) is 6.67. The lowest BCUT2D eigenvalue weighted by molar-refractivity contribution is 0.116. The lowest BCUT2D eigenvalue weighted by Crippen LogP contribution is -2.46. The summed E-state index contributed by atoms with van der Waals surface area (Å²) in [6.45, 7) is 1.70. The number of anilines is 1. The minimum absolute atomic E-state index is 0.0346. The van der Waals surface area contributed by atoms with Crippen LogP contribution in [0.25, 0.3) is 5.69 Å². The summed E-state index contributed by atoms with van der Waals surface area (Å²) in [4.78, 5) is 16.2. The molecular weight excluding hydrogens is 338 g/mol. The Kier molecular flexibility index (Phi) is 4.37. The molecule has 0 radical (unpaired) electrons. The highest BCUT2D eigenvalue weighted by molar-refractivity contribution is 6.32. The minimum atomic E-state index is -0.0346. The number of carbonyl (C=O) groups excluding carboxylic acids is 1. The highest BCUT2D eigenvalue weighted by Crippen LogP contribution is 2.44. The third-order valence-corrected chi connectivity index (χ3v) is 5.76. The average molecular weight is 360 g/mol. The smallest absolute Gasteiger partial charge is 0.321 e. The van der Waals surface area contributed by atoms with E-state index in [0.29, 0.717) is 21.8 Å². The van der Waals surface area contributed by atoms with E-state index in [1.165, 1.54) is 36.9 Å². The Morgan fingerprint density at radius 2 is 1.84 bits per heavy atom. The summed E-state index contributed by atoms with van der Waals surface area (Å²) < 4.78 is 0. The van der Waals surface area contributed by atoms with Crippen molar-refractivity contribution < 1.29 is 4.79 Å². The topological polar surface area (TPSA) is 63.1 Å². The van der Waals surface area contributed by atoms with Gasteiger partial charge in [0, 0.05) is 18.8 Å². The van der Waals surface area contributed by atoms with Crippen molar-refractivity contribution in [3.05, 3.63) is 35.6 Å². The van der Waals surface area contributed by atoms with Crippen LogP contribution in [0.1, 0.15) is 38.5 Å². The van der Waals surface area contributed by atoms with E-state index in [0.717, 1.165) is 19.5 Å². The molecule has 6 nitrogen and oxygen atoms in total. The molecule has 25 heavy (non-hydrogen) atoms. The number of nitrogens with zero attached hydrogens (tertiary/aromatic N) is 4. The number of hydrogen-bond acceptors (Lipinski definition) is 3. The molecule has 132 valence electrons. The Hall–Kier alpha value is -2.08. The molecule has 1 N–H and O–H groups in total. The Labute approximate surface area is 152 Å². The standard InChI is InChI=1S/C18H22ClN5O/c19-15-5-4-14(12-16(15)24-20-9-10-21-24)22-17(25)23-11-3-8-18(13-23)6-1-2-7-18/h4-5,9-10,12H,1-3,6-8,11,13H2,(H,22,25). The summed E-state index contributed by atoms with van der Waals surface area (Å²) in [5, 5.41) is 11.8. The Balaban J connectivity index is 1.48. The van der Waals surface area contributed by atoms with E-state index < -0.39 is 0 Å². The molecule has 1 aromatic heterocycles. The normalized spacial score (nSPS) is 19.3. The first-order chi connectivity index (χ1) is 12.2. The maximum absolute atomic E-state index is 12.7. The molecule has 0 unspecified atom stereocenters. The van der Waals surface area contributed by atoms with Gasteiger partial charge in [-0.15, -0.1) is 0 Å². The van der Waals surface area contributed by atoms with E-state index in [-0.39, 0.29) is 6.03 Å². The summed E-state index contributed by atoms with van der Waals surface area (Å²) in [5.41, 5.74) is 1.71. The summed E-state index contributed by atoms with van der Waals surface area (Å²) >= 11 is 6.23. The van der Waals surface area contributed by atoms with Gasteiger partial charge in [0.25, 0.3) is 0 Å². The van der Waals surface area contributed by atoms with Gasteiger partial charge >= 0.3 is 6.03 Å². The zero-order valence-electron chi connectivity index (χ0n) is 14.1. The van der Waals surface area contributed by atoms with Crippen molar-refractivity contribution in [2.45, 2.75) is 38.5 Å². The van der Waals surface area contributed by atoms with E-state index in [2.05, 4.69) is 15.5 Å². The number of carbonyl (C=O) groups is 1. The SMILES string of the molecule is O=C(Nc1ccc(Cl)c(-n2nccn2)c1)N1CCCC2(CCCC2)C1. The molecule has 1 aliphatic heterocycles. The second-order valence-corrected chi connectivity index (χ2v) is 7.55. The maximum Gasteiger partial charge on any atom is 0.321 e. The first-order valence-corrected chi connectivity index (χ1v) is 9.25. The fraction of sp³-hybridized carbons (Fsp3) is 0.500. The summed E-state index contributed by atoms with van der Waals surface area (Å²) in [6.07, 6.45) is 10.6. The molecule has 1 spiro atoms. The highest BCUT2D eigenvalue weighted by atomic mass is 35.5. The molecule has 4 rings (SSSR count). The van der Waals surface area contributed by atoms with Crippen LogP contribution >= 0.6 is 11.6 Å². The van der Waals surface area contributed by atoms with Crippen molar-refractivity contribution >= 4 is 23.3 Å². The summed E-state index contributed by atoms with van der Waals surface area (Å²) in [7, 11) is 0. The van der Waals surface area contributed by atoms with Gasteiger partial charge in [0.05, 0.1) is 17.4 Å². The number of aromatic nitrogens is 3. The quantitative estimate of drug-likeness (QED) is 0.877. The molecule has 2 heterocycles. The Morgan fingerprint density at radius 1 is 1.12 bits per heavy atom. The minimum Gasteiger partial charge on any atom is -0.324 e. The Morgan fingerprint density at radius 3 is 2.60 bits per heavy atom. The number of urea groups is 1. The number of hydrogen-bond donors (Lipinski definition) is 1. The third-order valence-electron chi connectivity index (χ3n) is 5.44. The van der Waals surface area contributed by atoms with Crippen LogP contribution in [0.4, 0.5) is 10.5 Å². The van der Waals surface area contributed by atoms with Gasteiger partial charge < -0.3 is 10.2 Å². The molecule has 7 heteroatoms. The maximum atomic E-state index is 12.7. The molecule has 1 aliphatic carbocycles. The summed E-state index contributed by atoms with van der Waals surface area (Å²) in [6, 6.07) is 5.33. The van der Waals surface area contributed by atoms with Crippen molar-refractivity contribution in [1.82, 2.24) is 19.9 Å². The first-order valence-electron chi connectivity index (χ1n) is 8.87. The largest absolute Gasteiger partial charge is 0.324 e. The van der Waals surface area contributed by atoms with Crippen molar-refractivity contribution in [2.75, 3.05) is 18.4 Å². The van der Waals surface area contributed by atoms with Crippen molar-refractivity contribution in [3.8, 4) is 5.69 Å². The van der Waals surface area contributed by atoms with Gasteiger partial charge in [-0.05, 0) is 49.3 Å². The van der Waals surface area contributed by atoms with Crippen LogP contribution in [-0.4, -0.2) is 39.0 Å². The first kappa shape index (κ1) is 16.4. The monoisotopic (exact) mass is 359 g/mol. The van der Waals surface area contributed by atoms with E-state index in [1.807, 2.05) is 11.0 Å². The van der Waals surface area contributed by atoms with Gasteiger partial charge in [0.15, 0.2) is 0 Å². The van der Waals surface area contributed by atoms with Crippen molar-refractivity contribution in [3.63, 3.8) is 0 Å². The predicted octanol–water partition coefficient (Wildman–Crippen LogP) is 4.11. The van der Waals surface area contributed by atoms with Gasteiger partial charge in [-0.25, -0.2) is 4.79 Å². The number of nitrogens with one attached hydrogen (secondary N) is 1. The van der Waals surface area contributed by atoms with Gasteiger partial charge in [-0.1, -0.05) is 24.4 Å². The van der Waals surface area contributed by atoms with Crippen LogP contribution < -0.4 is 5.32 Å². The number of benzene rings is 1. The molecular formula is C18H22ClN5O. The van der Waals surface area contributed by atoms with Crippen molar-refractivity contribution in [1.29, 1.82) is 0 Å². The number of amides is 2. The molecule has 2 aromatic rings. The van der Waals surface area contributed by atoms with Crippen LogP contribution in [0.2, 0.25) is 5.02 Å². The molecule has 1 saturated carbocycles. The predicted molar refractivity (Wildman–Crippen MR) is 97.1 cm³/mol. The van der Waals surface area contributed by atoms with Gasteiger partial charge in [-0.2, -0.15) is 15.0 Å². The fourth-order valence-electron chi connectivity index (χ4n) is 4.20. The second-order valence-electron chi connectivity index (χ2n) is 7.15. The van der Waals surface area contributed by atoms with E-state index in [9.17, 15) is 4.79 Å². The van der Waals surface area contributed by atoms with Crippen LogP contribution in [0.5, 0.6) is 0 Å². The van der Waals surface area contributed by atoms with Gasteiger partial charge in [-0.3, -0.25) is 0 Å². The fourth-order valence-corrected chi connectivity index (χ4v) is 4.39. The summed E-state index contributed by atoms with van der Waals surface area (Å²) in [5.74, 6) is 0. The zero-order chi connectivity index (χ0) is 17.3. The molecule has 2 amide bonds. The zero-order valence-corrected chi connectivity index (χ0v) is 14.9.